The molecule has 0 aliphatic heterocycles. The summed E-state index contributed by atoms with van der Waals surface area (Å²) in [6.07, 6.45) is 0. The molecule has 0 aromatic rings. The van der Waals surface area contributed by atoms with Crippen LogP contribution >= 0.6 is 0 Å². The van der Waals surface area contributed by atoms with Crippen molar-refractivity contribution in [1.82, 2.24) is 0 Å². The zero-order chi connectivity index (χ0) is 17.9. The molecule has 0 bridgehead atoms. The Kier molecular flexibility index (Phi) is 60.3. The average Bonchev–Trinajstić information content (AvgIpc) is 1.94. The van der Waals surface area contributed by atoms with Gasteiger partial charge in [-0.15, -0.1) is 0 Å². The zero-order valence-corrected chi connectivity index (χ0v) is 18.0. The molecule has 0 atom stereocenters. The molecule has 0 rings (SSSR count). The van der Waals surface area contributed by atoms with Gasteiger partial charge in [0.2, 0.25) is 0 Å². The Morgan fingerprint density at radius 1 is 0.333 bits per heavy atom. The van der Waals surface area contributed by atoms with Gasteiger partial charge in [0.25, 0.3) is 0 Å². The van der Waals surface area contributed by atoms with Gasteiger partial charge in [-0.1, -0.05) is 0 Å². The predicted molar refractivity (Wildman–Crippen MR) is 6.86 cm³/mol. The molecule has 0 amide bonds. The zero-order valence-electron chi connectivity index (χ0n) is 8.81. The Labute approximate surface area is 154 Å². The molecule has 21 heteroatoms. The van der Waals surface area contributed by atoms with Crippen LogP contribution in [0, 0.1) is 0 Å². The normalized spacial score (nSPS) is 5.95. The van der Waals surface area contributed by atoms with Gasteiger partial charge in [0, 0.05) is 0 Å². The van der Waals surface area contributed by atoms with Crippen LogP contribution in [0.1, 0.15) is 0 Å². The molecule has 21 heavy (non-hydrogen) atoms. The summed E-state index contributed by atoms with van der Waals surface area (Å²) in [6.45, 7) is 0. The summed E-state index contributed by atoms with van der Waals surface area (Å²) in [5.74, 6) is 0. The predicted octanol–water partition coefficient (Wildman–Crippen LogP) is -7.15. The van der Waals surface area contributed by atoms with Crippen molar-refractivity contribution in [2.24, 2.45) is 0 Å². The summed E-state index contributed by atoms with van der Waals surface area (Å²) in [7, 11) is 0. The van der Waals surface area contributed by atoms with Gasteiger partial charge >= 0.3 is 156 Å². The van der Waals surface area contributed by atoms with Crippen LogP contribution in [0.2, 0.25) is 0 Å². The number of hydrogen-bond acceptors (Lipinski definition) is 15. The van der Waals surface area contributed by atoms with Crippen LogP contribution in [-0.4, -0.2) is 0 Å². The van der Waals surface area contributed by atoms with Crippen LogP contribution in [0.5, 0.6) is 0 Å². The molecule has 0 fully saturated rings. The fourth-order valence-electron chi connectivity index (χ4n) is 0. The molecule has 0 aromatic carbocycles. The molecular weight excluding hydrogens is 588 g/mol. The molecule has 120 valence electrons. The summed E-state index contributed by atoms with van der Waals surface area (Å²) in [6, 6.07) is 0. The van der Waals surface area contributed by atoms with Gasteiger partial charge in [-0.3, -0.25) is 0 Å². The van der Waals surface area contributed by atoms with Crippen molar-refractivity contribution >= 4 is 0 Å². The first-order valence-electron chi connectivity index (χ1n) is 2.74. The minimum absolute atomic E-state index is 0. The van der Waals surface area contributed by atoms with Crippen molar-refractivity contribution < 1.29 is 156 Å². The van der Waals surface area contributed by atoms with Crippen molar-refractivity contribution in [3.05, 3.63) is 0 Å². The molecule has 0 N–H and O–H groups in total. The van der Waals surface area contributed by atoms with Gasteiger partial charge in [0.1, 0.15) is 0 Å². The topological polar surface area (TPSA) is 286 Å². The fourth-order valence-corrected chi connectivity index (χ4v) is 0. The van der Waals surface area contributed by atoms with E-state index in [4.69, 9.17) is 56.9 Å². The van der Waals surface area contributed by atoms with Gasteiger partial charge < -0.3 is 0 Å². The Balaban J connectivity index is -0.0000000331. The van der Waals surface area contributed by atoms with Crippen molar-refractivity contribution in [1.29, 1.82) is 0 Å². The SMILES string of the molecule is [Nb+5].[O]=[V](=[O])[O-].[O]=[V](=[O])[O-].[O]=[V](=[O])[O-].[O]=[V](=[O])[O-].[O]=[V](=[O])[O-]. The van der Waals surface area contributed by atoms with Gasteiger partial charge in [-0.2, -0.15) is 0 Å². The standard InChI is InChI=1S/Nb.15O.5V/q+5;;;;;;;;;;;5*-1;;;;;. The maximum atomic E-state index is 8.56. The maximum absolute atomic E-state index is 8.56. The van der Waals surface area contributed by atoms with Crippen molar-refractivity contribution in [2.45, 2.75) is 0 Å². The molecule has 15 nitrogen and oxygen atoms in total. The van der Waals surface area contributed by atoms with Crippen LogP contribution in [-0.2, 0) is 136 Å². The van der Waals surface area contributed by atoms with Gasteiger partial charge in [0.15, 0.2) is 0 Å². The summed E-state index contributed by atoms with van der Waals surface area (Å²) < 4.78 is 128. The molecular formula is NbO15V5. The molecule has 0 unspecified atom stereocenters. The molecule has 0 spiro atoms. The molecule has 0 heterocycles. The molecule has 0 saturated heterocycles. The Hall–Kier alpha value is 1.46. The summed E-state index contributed by atoms with van der Waals surface area (Å²) in [5, 5.41) is 0. The van der Waals surface area contributed by atoms with E-state index in [1.54, 1.807) is 0 Å². The van der Waals surface area contributed by atoms with Crippen molar-refractivity contribution in [3.63, 3.8) is 0 Å². The van der Waals surface area contributed by atoms with Crippen LogP contribution in [0.25, 0.3) is 0 Å². The van der Waals surface area contributed by atoms with E-state index >= 15 is 0 Å². The van der Waals surface area contributed by atoms with Crippen LogP contribution in [0.15, 0.2) is 0 Å². The van der Waals surface area contributed by atoms with E-state index in [1.165, 1.54) is 0 Å². The third-order valence-corrected chi connectivity index (χ3v) is 0. The minimum atomic E-state index is -3.94. The van der Waals surface area contributed by atoms with E-state index in [2.05, 4.69) is 0 Å². The Morgan fingerprint density at radius 3 is 0.333 bits per heavy atom. The van der Waals surface area contributed by atoms with Gasteiger partial charge in [-0.05, 0) is 0 Å². The fraction of sp³-hybridized carbons (Fsp3) is 0. The van der Waals surface area contributed by atoms with E-state index in [0.717, 1.165) is 0 Å². The third-order valence-electron chi connectivity index (χ3n) is 0. The summed E-state index contributed by atoms with van der Waals surface area (Å²) >= 11 is -19.7. The van der Waals surface area contributed by atoms with E-state index in [1.807, 2.05) is 0 Å². The first-order chi connectivity index (χ1) is 8.66. The summed E-state index contributed by atoms with van der Waals surface area (Å²) in [4.78, 5) is 0. The van der Waals surface area contributed by atoms with Crippen LogP contribution in [0.3, 0.4) is 0 Å². The van der Waals surface area contributed by atoms with E-state index < -0.39 is 77.0 Å². The van der Waals surface area contributed by atoms with Crippen LogP contribution < -0.4 is 20.2 Å². The monoisotopic (exact) mass is 588 g/mol. The molecule has 0 aliphatic carbocycles. The second-order valence-corrected chi connectivity index (χ2v) is 4.61. The Bertz CT molecular complexity index is 380. The van der Waals surface area contributed by atoms with Crippen molar-refractivity contribution in [3.8, 4) is 0 Å². The van der Waals surface area contributed by atoms with Crippen molar-refractivity contribution in [2.75, 3.05) is 0 Å². The first kappa shape index (κ1) is 38.2. The van der Waals surface area contributed by atoms with Gasteiger partial charge in [-0.25, -0.2) is 0 Å². The van der Waals surface area contributed by atoms with Gasteiger partial charge in [0.05, 0.1) is 0 Å². The second-order valence-electron chi connectivity index (χ2n) is 1.12. The number of hydrogen-bond donors (Lipinski definition) is 0. The summed E-state index contributed by atoms with van der Waals surface area (Å²) in [5.41, 5.74) is 0. The van der Waals surface area contributed by atoms with E-state index in [-0.39, 0.29) is 22.4 Å². The quantitative estimate of drug-likeness (QED) is 0.238. The van der Waals surface area contributed by atoms with Crippen LogP contribution in [0.4, 0.5) is 0 Å². The first-order valence-corrected chi connectivity index (χ1v) is 11.3. The Morgan fingerprint density at radius 2 is 0.333 bits per heavy atom. The third kappa shape index (κ3) is 3800. The molecule has 0 aliphatic rings. The average molecular weight is 588 g/mol. The second kappa shape index (κ2) is 33.2. The number of rotatable bonds is 0. The molecule has 0 aromatic heterocycles. The molecule has 0 radical (unpaired) electrons. The molecule has 0 saturated carbocycles. The van der Waals surface area contributed by atoms with E-state index in [0.29, 0.717) is 0 Å². The van der Waals surface area contributed by atoms with E-state index in [9.17, 15) is 0 Å².